The number of nitrogens with one attached hydrogen (secondary N) is 1. The Bertz CT molecular complexity index is 343. The number of hydrazine groups is 1. The van der Waals surface area contributed by atoms with Gasteiger partial charge in [0, 0.05) is 11.5 Å². The fourth-order valence-corrected chi connectivity index (χ4v) is 3.04. The summed E-state index contributed by atoms with van der Waals surface area (Å²) >= 11 is 1.73. The van der Waals surface area contributed by atoms with Gasteiger partial charge in [0.1, 0.15) is 0 Å². The van der Waals surface area contributed by atoms with Crippen molar-refractivity contribution in [3.63, 3.8) is 0 Å². The molecule has 0 radical (unpaired) electrons. The minimum Gasteiger partial charge on any atom is -0.376 e. The third kappa shape index (κ3) is 3.52. The number of hydrogen-bond acceptors (Lipinski definition) is 4. The Morgan fingerprint density at radius 3 is 2.47 bits per heavy atom. The molecule has 0 aliphatic rings. The first kappa shape index (κ1) is 14.6. The second kappa shape index (κ2) is 5.96. The minimum absolute atomic E-state index is 0.0451. The highest BCUT2D eigenvalue weighted by Gasteiger charge is 2.34. The van der Waals surface area contributed by atoms with E-state index in [1.807, 2.05) is 6.92 Å². The van der Waals surface area contributed by atoms with E-state index >= 15 is 0 Å². The largest absolute Gasteiger partial charge is 0.376 e. The molecule has 17 heavy (non-hydrogen) atoms. The van der Waals surface area contributed by atoms with Crippen molar-refractivity contribution in [2.24, 2.45) is 11.3 Å². The van der Waals surface area contributed by atoms with Crippen molar-refractivity contribution >= 4 is 11.3 Å². The summed E-state index contributed by atoms with van der Waals surface area (Å²) in [7, 11) is 0. The molecule has 3 nitrogen and oxygen atoms in total. The van der Waals surface area contributed by atoms with E-state index in [0.717, 1.165) is 0 Å². The van der Waals surface area contributed by atoms with Gasteiger partial charge in [0.15, 0.2) is 0 Å². The maximum Gasteiger partial charge on any atom is 0.0838 e. The van der Waals surface area contributed by atoms with E-state index in [2.05, 4.69) is 44.6 Å². The van der Waals surface area contributed by atoms with Crippen molar-refractivity contribution < 1.29 is 4.74 Å². The average molecular weight is 256 g/mol. The van der Waals surface area contributed by atoms with Gasteiger partial charge in [-0.15, -0.1) is 11.3 Å². The Morgan fingerprint density at radius 1 is 1.47 bits per heavy atom. The van der Waals surface area contributed by atoms with Gasteiger partial charge in [-0.25, -0.2) is 5.43 Å². The molecule has 1 heterocycles. The van der Waals surface area contributed by atoms with E-state index in [1.54, 1.807) is 11.3 Å². The molecule has 0 aliphatic heterocycles. The Labute approximate surface area is 108 Å². The molecule has 4 heteroatoms. The summed E-state index contributed by atoms with van der Waals surface area (Å²) in [6.45, 7) is 11.4. The third-order valence-corrected chi connectivity index (χ3v) is 3.97. The fraction of sp³-hybridized carbons (Fsp3) is 0.692. The molecule has 0 saturated heterocycles. The lowest BCUT2D eigenvalue weighted by molar-refractivity contribution is -0.0360. The van der Waals surface area contributed by atoms with E-state index < -0.39 is 0 Å². The lowest BCUT2D eigenvalue weighted by Gasteiger charge is -2.36. The van der Waals surface area contributed by atoms with Crippen LogP contribution in [0.1, 0.15) is 44.2 Å². The molecule has 1 aromatic heterocycles. The van der Waals surface area contributed by atoms with E-state index in [0.29, 0.717) is 6.61 Å². The Kier molecular flexibility index (Phi) is 5.13. The van der Waals surface area contributed by atoms with Gasteiger partial charge in [0.25, 0.3) is 0 Å². The predicted molar refractivity (Wildman–Crippen MR) is 74.0 cm³/mol. The maximum absolute atomic E-state index is 5.90. The maximum atomic E-state index is 5.90. The van der Waals surface area contributed by atoms with Crippen LogP contribution in [0.4, 0.5) is 0 Å². The van der Waals surface area contributed by atoms with Crippen LogP contribution in [0, 0.1) is 12.3 Å². The van der Waals surface area contributed by atoms with Crippen LogP contribution in [-0.4, -0.2) is 12.7 Å². The lowest BCUT2D eigenvalue weighted by atomic mass is 9.83. The smallest absolute Gasteiger partial charge is 0.0838 e. The number of ether oxygens (including phenoxy) is 1. The number of rotatable bonds is 5. The van der Waals surface area contributed by atoms with E-state index in [1.165, 1.54) is 10.4 Å². The lowest BCUT2D eigenvalue weighted by Crippen LogP contribution is -2.44. The van der Waals surface area contributed by atoms with Gasteiger partial charge in [-0.1, -0.05) is 20.8 Å². The van der Waals surface area contributed by atoms with Crippen molar-refractivity contribution in [1.29, 1.82) is 0 Å². The van der Waals surface area contributed by atoms with Crippen LogP contribution >= 0.6 is 11.3 Å². The molecule has 0 bridgehead atoms. The van der Waals surface area contributed by atoms with Crippen LogP contribution in [0.2, 0.25) is 0 Å². The fourth-order valence-electron chi connectivity index (χ4n) is 2.03. The first-order valence-corrected chi connectivity index (χ1v) is 6.91. The SMILES string of the molecule is CCOC(C(NN)c1sccc1C)C(C)(C)C. The van der Waals surface area contributed by atoms with E-state index in [4.69, 9.17) is 10.6 Å². The molecule has 0 saturated carbocycles. The van der Waals surface area contributed by atoms with Crippen molar-refractivity contribution in [3.05, 3.63) is 21.9 Å². The average Bonchev–Trinajstić information content (AvgIpc) is 2.63. The molecule has 0 fully saturated rings. The summed E-state index contributed by atoms with van der Waals surface area (Å²) in [5, 5.41) is 2.10. The van der Waals surface area contributed by atoms with Crippen molar-refractivity contribution in [1.82, 2.24) is 5.43 Å². The summed E-state index contributed by atoms with van der Waals surface area (Å²) in [6, 6.07) is 2.17. The normalized spacial score (nSPS) is 15.9. The highest BCUT2D eigenvalue weighted by Crippen LogP contribution is 2.35. The highest BCUT2D eigenvalue weighted by atomic mass is 32.1. The van der Waals surface area contributed by atoms with E-state index in [-0.39, 0.29) is 17.6 Å². The highest BCUT2D eigenvalue weighted by molar-refractivity contribution is 7.10. The molecule has 0 spiro atoms. The van der Waals surface area contributed by atoms with Gasteiger partial charge in [0.05, 0.1) is 12.1 Å². The monoisotopic (exact) mass is 256 g/mol. The Morgan fingerprint density at radius 2 is 2.12 bits per heavy atom. The van der Waals surface area contributed by atoms with Crippen molar-refractivity contribution in [2.75, 3.05) is 6.61 Å². The quantitative estimate of drug-likeness (QED) is 0.629. The molecule has 0 aliphatic carbocycles. The van der Waals surface area contributed by atoms with Gasteiger partial charge in [-0.3, -0.25) is 5.84 Å². The van der Waals surface area contributed by atoms with Gasteiger partial charge < -0.3 is 4.74 Å². The molecule has 2 atom stereocenters. The zero-order chi connectivity index (χ0) is 13.1. The molecule has 1 aromatic rings. The van der Waals surface area contributed by atoms with Gasteiger partial charge in [-0.2, -0.15) is 0 Å². The molecular weight excluding hydrogens is 232 g/mol. The number of hydrogen-bond donors (Lipinski definition) is 2. The summed E-state index contributed by atoms with van der Waals surface area (Å²) in [5.41, 5.74) is 4.24. The Balaban J connectivity index is 3.02. The van der Waals surface area contributed by atoms with Crippen molar-refractivity contribution in [2.45, 2.75) is 46.8 Å². The molecule has 98 valence electrons. The molecule has 0 aromatic carbocycles. The summed E-state index contributed by atoms with van der Waals surface area (Å²) < 4.78 is 5.90. The standard InChI is InChI=1S/C13H24N2OS/c1-6-16-12(13(3,4)5)10(15-14)11-9(2)7-8-17-11/h7-8,10,12,15H,6,14H2,1-5H3. The van der Waals surface area contributed by atoms with Gasteiger partial charge in [0.2, 0.25) is 0 Å². The van der Waals surface area contributed by atoms with Gasteiger partial charge >= 0.3 is 0 Å². The molecular formula is C13H24N2OS. The predicted octanol–water partition coefficient (Wildman–Crippen LogP) is 3.01. The van der Waals surface area contributed by atoms with Crippen LogP contribution in [0.15, 0.2) is 11.4 Å². The zero-order valence-electron chi connectivity index (χ0n) is 11.4. The topological polar surface area (TPSA) is 47.3 Å². The molecule has 1 rings (SSSR count). The van der Waals surface area contributed by atoms with Gasteiger partial charge in [-0.05, 0) is 36.3 Å². The summed E-state index contributed by atoms with van der Waals surface area (Å²) in [6.07, 6.45) is 0.0647. The Hall–Kier alpha value is -0.420. The van der Waals surface area contributed by atoms with E-state index in [9.17, 15) is 0 Å². The second-order valence-electron chi connectivity index (χ2n) is 5.35. The molecule has 2 unspecified atom stereocenters. The number of nitrogens with two attached hydrogens (primary N) is 1. The minimum atomic E-state index is 0.0451. The second-order valence-corrected chi connectivity index (χ2v) is 6.30. The van der Waals surface area contributed by atoms with Crippen molar-refractivity contribution in [3.8, 4) is 0 Å². The summed E-state index contributed by atoms with van der Waals surface area (Å²) in [4.78, 5) is 1.26. The molecule has 0 amide bonds. The molecule has 3 N–H and O–H groups in total. The zero-order valence-corrected chi connectivity index (χ0v) is 12.2. The number of aryl methyl sites for hydroxylation is 1. The first-order valence-electron chi connectivity index (χ1n) is 6.03. The summed E-state index contributed by atoms with van der Waals surface area (Å²) in [5.74, 6) is 5.74. The third-order valence-electron chi connectivity index (χ3n) is 2.87. The van der Waals surface area contributed by atoms with Crippen LogP contribution in [-0.2, 0) is 4.74 Å². The van der Waals surface area contributed by atoms with Crippen LogP contribution in [0.5, 0.6) is 0 Å². The van der Waals surface area contributed by atoms with Crippen LogP contribution in [0.25, 0.3) is 0 Å². The number of thiophene rings is 1. The van der Waals surface area contributed by atoms with Crippen LogP contribution < -0.4 is 11.3 Å². The van der Waals surface area contributed by atoms with Crippen LogP contribution in [0.3, 0.4) is 0 Å². The first-order chi connectivity index (χ1) is 7.91.